The van der Waals surface area contributed by atoms with Gasteiger partial charge in [-0.1, -0.05) is 11.6 Å². The minimum atomic E-state index is -3.66. The lowest BCUT2D eigenvalue weighted by atomic mass is 9.99. The maximum absolute atomic E-state index is 13.0. The van der Waals surface area contributed by atoms with Crippen molar-refractivity contribution >= 4 is 27.5 Å². The first-order chi connectivity index (χ1) is 14.1. The Morgan fingerprint density at radius 2 is 2.03 bits per heavy atom. The van der Waals surface area contributed by atoms with Gasteiger partial charge in [0.2, 0.25) is 15.9 Å². The molecule has 1 N–H and O–H groups in total. The summed E-state index contributed by atoms with van der Waals surface area (Å²) in [7, 11) is -1.95. The maximum atomic E-state index is 13.0. The highest BCUT2D eigenvalue weighted by Crippen LogP contribution is 2.25. The average molecular weight is 457 g/mol. The van der Waals surface area contributed by atoms with E-state index in [1.54, 1.807) is 14.0 Å². The number of aromatic nitrogens is 4. The molecule has 0 aliphatic carbocycles. The summed E-state index contributed by atoms with van der Waals surface area (Å²) < 4.78 is 30.8. The Bertz CT molecular complexity index is 1030. The quantitative estimate of drug-likeness (QED) is 0.640. The standard InChI is InChI=1S/C19H29ClN6O3S/c1-13-18(20)15(3)26(23-13)10-6-8-21-19(27)16-7-5-9-25(12-16)30(28,29)17-11-22-24(4)14(17)2/h11,16H,5-10,12H2,1-4H3,(H,21,27)/t16-/m0/s1. The number of piperidine rings is 1. The summed E-state index contributed by atoms with van der Waals surface area (Å²) >= 11 is 6.16. The van der Waals surface area contributed by atoms with Crippen LogP contribution in [0.2, 0.25) is 5.02 Å². The van der Waals surface area contributed by atoms with E-state index in [1.807, 2.05) is 18.5 Å². The van der Waals surface area contributed by atoms with Crippen molar-refractivity contribution in [3.05, 3.63) is 28.3 Å². The van der Waals surface area contributed by atoms with Gasteiger partial charge in [0.25, 0.3) is 0 Å². The number of nitrogens with one attached hydrogen (secondary N) is 1. The molecular weight excluding hydrogens is 428 g/mol. The highest BCUT2D eigenvalue weighted by molar-refractivity contribution is 7.89. The third kappa shape index (κ3) is 4.55. The lowest BCUT2D eigenvalue weighted by Gasteiger charge is -2.31. The molecule has 2 aromatic rings. The fraction of sp³-hybridized carbons (Fsp3) is 0.632. The lowest BCUT2D eigenvalue weighted by Crippen LogP contribution is -2.45. The summed E-state index contributed by atoms with van der Waals surface area (Å²) in [6, 6.07) is 0. The van der Waals surface area contributed by atoms with Crippen LogP contribution in [0.15, 0.2) is 11.1 Å². The van der Waals surface area contributed by atoms with Gasteiger partial charge in [0, 0.05) is 33.2 Å². The van der Waals surface area contributed by atoms with Crippen LogP contribution in [0.1, 0.15) is 36.3 Å². The second kappa shape index (κ2) is 9.07. The van der Waals surface area contributed by atoms with E-state index < -0.39 is 10.0 Å². The summed E-state index contributed by atoms with van der Waals surface area (Å²) in [5, 5.41) is 12.0. The Labute approximate surface area is 182 Å². The predicted molar refractivity (Wildman–Crippen MR) is 114 cm³/mol. The Kier molecular flexibility index (Phi) is 6.88. The van der Waals surface area contributed by atoms with Crippen LogP contribution in [0.3, 0.4) is 0 Å². The smallest absolute Gasteiger partial charge is 0.246 e. The van der Waals surface area contributed by atoms with Crippen molar-refractivity contribution in [2.75, 3.05) is 19.6 Å². The SMILES string of the molecule is Cc1nn(CCCNC(=O)[C@H]2CCCN(S(=O)(=O)c3cnn(C)c3C)C2)c(C)c1Cl. The van der Waals surface area contributed by atoms with Gasteiger partial charge in [-0.3, -0.25) is 14.2 Å². The predicted octanol–water partition coefficient (Wildman–Crippen LogP) is 1.80. The number of rotatable bonds is 7. The van der Waals surface area contributed by atoms with Crippen molar-refractivity contribution in [2.24, 2.45) is 13.0 Å². The molecular formula is C19H29ClN6O3S. The average Bonchev–Trinajstić information content (AvgIpc) is 3.19. The van der Waals surface area contributed by atoms with Crippen LogP contribution >= 0.6 is 11.6 Å². The molecule has 0 spiro atoms. The summed E-state index contributed by atoms with van der Waals surface area (Å²) in [6.45, 7) is 7.27. The van der Waals surface area contributed by atoms with Crippen molar-refractivity contribution in [3.8, 4) is 0 Å². The molecule has 0 aromatic carbocycles. The number of halogens is 1. The minimum absolute atomic E-state index is 0.107. The Morgan fingerprint density at radius 1 is 1.30 bits per heavy atom. The maximum Gasteiger partial charge on any atom is 0.246 e. The fourth-order valence-corrected chi connectivity index (χ4v) is 5.57. The monoisotopic (exact) mass is 456 g/mol. The Balaban J connectivity index is 1.54. The van der Waals surface area contributed by atoms with Crippen molar-refractivity contribution in [1.82, 2.24) is 29.2 Å². The number of amides is 1. The van der Waals surface area contributed by atoms with Gasteiger partial charge >= 0.3 is 0 Å². The zero-order chi connectivity index (χ0) is 22.1. The first-order valence-corrected chi connectivity index (χ1v) is 11.9. The fourth-order valence-electron chi connectivity index (χ4n) is 3.72. The van der Waals surface area contributed by atoms with Gasteiger partial charge in [0.05, 0.1) is 34.2 Å². The first kappa shape index (κ1) is 22.8. The minimum Gasteiger partial charge on any atom is -0.356 e. The van der Waals surface area contributed by atoms with Gasteiger partial charge in [-0.15, -0.1) is 0 Å². The lowest BCUT2D eigenvalue weighted by molar-refractivity contribution is -0.126. The van der Waals surface area contributed by atoms with Crippen LogP contribution in [-0.4, -0.2) is 57.8 Å². The van der Waals surface area contributed by atoms with Crippen molar-refractivity contribution < 1.29 is 13.2 Å². The van der Waals surface area contributed by atoms with E-state index >= 15 is 0 Å². The van der Waals surface area contributed by atoms with E-state index in [4.69, 9.17) is 11.6 Å². The second-order valence-electron chi connectivity index (χ2n) is 7.77. The van der Waals surface area contributed by atoms with Crippen LogP contribution in [0.4, 0.5) is 0 Å². The van der Waals surface area contributed by atoms with Crippen molar-refractivity contribution in [1.29, 1.82) is 0 Å². The molecule has 3 heterocycles. The molecule has 3 rings (SSSR count). The molecule has 30 heavy (non-hydrogen) atoms. The van der Waals surface area contributed by atoms with Crippen LogP contribution in [-0.2, 0) is 28.4 Å². The molecule has 2 aromatic heterocycles. The summed E-state index contributed by atoms with van der Waals surface area (Å²) in [4.78, 5) is 12.8. The molecule has 166 valence electrons. The van der Waals surface area contributed by atoms with Crippen LogP contribution in [0, 0.1) is 26.7 Å². The number of sulfonamides is 1. The molecule has 0 unspecified atom stereocenters. The molecule has 1 atom stereocenters. The second-order valence-corrected chi connectivity index (χ2v) is 10.1. The van der Waals surface area contributed by atoms with E-state index in [0.29, 0.717) is 49.6 Å². The topological polar surface area (TPSA) is 102 Å². The molecule has 9 nitrogen and oxygen atoms in total. The molecule has 11 heteroatoms. The molecule has 0 bridgehead atoms. The highest BCUT2D eigenvalue weighted by Gasteiger charge is 2.34. The largest absolute Gasteiger partial charge is 0.356 e. The molecule has 0 saturated carbocycles. The number of carbonyl (C=O) groups excluding carboxylic acids is 1. The van der Waals surface area contributed by atoms with E-state index in [1.165, 1.54) is 15.2 Å². The summed E-state index contributed by atoms with van der Waals surface area (Å²) in [5.41, 5.74) is 2.30. The number of aryl methyl sites for hydroxylation is 3. The van der Waals surface area contributed by atoms with E-state index in [-0.39, 0.29) is 23.3 Å². The molecule has 0 radical (unpaired) electrons. The van der Waals surface area contributed by atoms with Crippen LogP contribution < -0.4 is 5.32 Å². The normalized spacial score (nSPS) is 18.0. The molecule has 1 aliphatic heterocycles. The van der Waals surface area contributed by atoms with Gasteiger partial charge in [-0.25, -0.2) is 8.42 Å². The third-order valence-corrected chi connectivity index (χ3v) is 8.22. The van der Waals surface area contributed by atoms with Gasteiger partial charge in [-0.05, 0) is 40.0 Å². The van der Waals surface area contributed by atoms with Crippen LogP contribution in [0.5, 0.6) is 0 Å². The number of nitrogens with zero attached hydrogens (tertiary/aromatic N) is 5. The number of hydrogen-bond acceptors (Lipinski definition) is 5. The van der Waals surface area contributed by atoms with Crippen molar-refractivity contribution in [2.45, 2.75) is 51.5 Å². The van der Waals surface area contributed by atoms with E-state index in [9.17, 15) is 13.2 Å². The first-order valence-electron chi connectivity index (χ1n) is 10.1. The number of hydrogen-bond donors (Lipinski definition) is 1. The van der Waals surface area contributed by atoms with Gasteiger partial charge in [-0.2, -0.15) is 14.5 Å². The molecule has 1 fully saturated rings. The van der Waals surface area contributed by atoms with Crippen LogP contribution in [0.25, 0.3) is 0 Å². The van der Waals surface area contributed by atoms with Gasteiger partial charge in [0.15, 0.2) is 0 Å². The molecule has 1 saturated heterocycles. The summed E-state index contributed by atoms with van der Waals surface area (Å²) in [5.74, 6) is -0.460. The van der Waals surface area contributed by atoms with E-state index in [2.05, 4.69) is 15.5 Å². The van der Waals surface area contributed by atoms with Crippen molar-refractivity contribution in [3.63, 3.8) is 0 Å². The molecule has 1 amide bonds. The van der Waals surface area contributed by atoms with Gasteiger partial charge < -0.3 is 5.32 Å². The Hall–Kier alpha value is -1.91. The zero-order valence-electron chi connectivity index (χ0n) is 17.9. The Morgan fingerprint density at radius 3 is 2.63 bits per heavy atom. The number of carbonyl (C=O) groups is 1. The molecule has 1 aliphatic rings. The highest BCUT2D eigenvalue weighted by atomic mass is 35.5. The van der Waals surface area contributed by atoms with E-state index in [0.717, 1.165) is 11.4 Å². The van der Waals surface area contributed by atoms with Gasteiger partial charge in [0.1, 0.15) is 4.90 Å². The zero-order valence-corrected chi connectivity index (χ0v) is 19.4. The summed E-state index contributed by atoms with van der Waals surface area (Å²) in [6.07, 6.45) is 3.42. The third-order valence-electron chi connectivity index (χ3n) is 5.70.